The van der Waals surface area contributed by atoms with Crippen molar-refractivity contribution in [3.63, 3.8) is 0 Å². The Hall–Kier alpha value is -2.76. The normalized spacial score (nSPS) is 14.5. The van der Waals surface area contributed by atoms with Crippen LogP contribution in [0.5, 0.6) is 11.5 Å². The van der Waals surface area contributed by atoms with Crippen molar-refractivity contribution in [2.75, 3.05) is 13.4 Å². The second kappa shape index (κ2) is 7.31. The summed E-state index contributed by atoms with van der Waals surface area (Å²) in [6.07, 6.45) is 4.52. The summed E-state index contributed by atoms with van der Waals surface area (Å²) in [5.41, 5.74) is 0.904. The van der Waals surface area contributed by atoms with Gasteiger partial charge in [-0.3, -0.25) is 4.99 Å². The van der Waals surface area contributed by atoms with Gasteiger partial charge in [0.15, 0.2) is 11.5 Å². The molecule has 2 rings (SSSR count). The molecule has 6 heteroatoms. The Morgan fingerprint density at radius 2 is 2.18 bits per heavy atom. The van der Waals surface area contributed by atoms with E-state index in [9.17, 15) is 9.90 Å². The molecule has 22 heavy (non-hydrogen) atoms. The molecule has 116 valence electrons. The molecule has 0 fully saturated rings. The average molecular weight is 303 g/mol. The minimum Gasteiger partial charge on any atom is -0.512 e. The molecule has 1 aliphatic heterocycles. The average Bonchev–Trinajstić information content (AvgIpc) is 2.94. The maximum Gasteiger partial charge on any atom is 0.343 e. The zero-order valence-corrected chi connectivity index (χ0v) is 12.4. The Morgan fingerprint density at radius 3 is 2.91 bits per heavy atom. The summed E-state index contributed by atoms with van der Waals surface area (Å²) in [5.74, 6) is 0.648. The Balaban J connectivity index is 2.04. The highest BCUT2D eigenvalue weighted by molar-refractivity contribution is 6.10. The van der Waals surface area contributed by atoms with E-state index in [2.05, 4.69) is 4.99 Å². The number of ether oxygens (including phenoxy) is 3. The summed E-state index contributed by atoms with van der Waals surface area (Å²) in [5, 5.41) is 9.46. The molecule has 0 aromatic heterocycles. The van der Waals surface area contributed by atoms with Crippen molar-refractivity contribution < 1.29 is 24.1 Å². The Labute approximate surface area is 128 Å². The number of allylic oxidation sites excluding steroid dienone is 1. The standard InChI is InChI=1S/C16H17NO5/c1-3-20-16(19)13(11(2)18)9-17-7-6-12-4-5-14-15(8-12)22-10-21-14/h4-9,18H,3,10H2,1-2H3/b7-6+,13-11+,17-9+. The van der Waals surface area contributed by atoms with Crippen LogP contribution in [0.25, 0.3) is 6.08 Å². The van der Waals surface area contributed by atoms with E-state index in [1.54, 1.807) is 13.0 Å². The summed E-state index contributed by atoms with van der Waals surface area (Å²) in [6.45, 7) is 3.55. The first-order chi connectivity index (χ1) is 10.6. The van der Waals surface area contributed by atoms with Crippen LogP contribution in [-0.4, -0.2) is 30.7 Å². The first-order valence-electron chi connectivity index (χ1n) is 6.78. The van der Waals surface area contributed by atoms with Gasteiger partial charge in [0.1, 0.15) is 11.3 Å². The van der Waals surface area contributed by atoms with Crippen LogP contribution in [0.1, 0.15) is 19.4 Å². The quantitative estimate of drug-likeness (QED) is 0.392. The number of fused-ring (bicyclic) bond motifs is 1. The number of carbonyl (C=O) groups is 1. The third kappa shape index (κ3) is 3.88. The minimum absolute atomic E-state index is 0.0252. The summed E-state index contributed by atoms with van der Waals surface area (Å²) in [4.78, 5) is 15.6. The Morgan fingerprint density at radius 1 is 1.41 bits per heavy atom. The first-order valence-corrected chi connectivity index (χ1v) is 6.78. The van der Waals surface area contributed by atoms with Crippen molar-refractivity contribution >= 4 is 18.3 Å². The van der Waals surface area contributed by atoms with E-state index in [1.807, 2.05) is 18.2 Å². The highest BCUT2D eigenvalue weighted by Gasteiger charge is 2.12. The second-order valence-corrected chi connectivity index (χ2v) is 4.43. The van der Waals surface area contributed by atoms with Crippen molar-refractivity contribution in [2.45, 2.75) is 13.8 Å². The largest absolute Gasteiger partial charge is 0.512 e. The fourth-order valence-electron chi connectivity index (χ4n) is 1.77. The number of aliphatic hydroxyl groups is 1. The van der Waals surface area contributed by atoms with E-state index < -0.39 is 5.97 Å². The molecular weight excluding hydrogens is 286 g/mol. The van der Waals surface area contributed by atoms with Crippen LogP contribution in [0.15, 0.2) is 40.7 Å². The van der Waals surface area contributed by atoms with Crippen LogP contribution in [0.4, 0.5) is 0 Å². The van der Waals surface area contributed by atoms with E-state index in [4.69, 9.17) is 14.2 Å². The molecule has 0 amide bonds. The molecule has 0 saturated heterocycles. The van der Waals surface area contributed by atoms with E-state index in [0.29, 0.717) is 11.5 Å². The molecule has 1 aromatic carbocycles. The van der Waals surface area contributed by atoms with Gasteiger partial charge in [0.2, 0.25) is 6.79 Å². The zero-order chi connectivity index (χ0) is 15.9. The van der Waals surface area contributed by atoms with Gasteiger partial charge in [-0.1, -0.05) is 6.07 Å². The molecule has 6 nitrogen and oxygen atoms in total. The Bertz CT molecular complexity index is 642. The minimum atomic E-state index is -0.609. The number of aliphatic hydroxyl groups excluding tert-OH is 1. The van der Waals surface area contributed by atoms with Crippen molar-refractivity contribution in [1.82, 2.24) is 0 Å². The van der Waals surface area contributed by atoms with Crippen LogP contribution in [0.2, 0.25) is 0 Å². The van der Waals surface area contributed by atoms with Crippen LogP contribution in [0.3, 0.4) is 0 Å². The highest BCUT2D eigenvalue weighted by Crippen LogP contribution is 2.32. The van der Waals surface area contributed by atoms with Crippen molar-refractivity contribution in [3.05, 3.63) is 41.3 Å². The molecule has 0 unspecified atom stereocenters. The Kier molecular flexibility index (Phi) is 5.19. The van der Waals surface area contributed by atoms with Gasteiger partial charge in [-0.2, -0.15) is 0 Å². The summed E-state index contributed by atoms with van der Waals surface area (Å²) < 4.78 is 15.3. The first kappa shape index (κ1) is 15.6. The smallest absolute Gasteiger partial charge is 0.343 e. The zero-order valence-electron chi connectivity index (χ0n) is 12.4. The van der Waals surface area contributed by atoms with Gasteiger partial charge in [-0.25, -0.2) is 4.79 Å². The summed E-state index contributed by atoms with van der Waals surface area (Å²) in [6, 6.07) is 5.50. The molecule has 0 spiro atoms. The number of hydrogen-bond donors (Lipinski definition) is 1. The second-order valence-electron chi connectivity index (χ2n) is 4.43. The van der Waals surface area contributed by atoms with Crippen LogP contribution in [-0.2, 0) is 9.53 Å². The molecule has 1 N–H and O–H groups in total. The van der Waals surface area contributed by atoms with Crippen molar-refractivity contribution in [2.24, 2.45) is 4.99 Å². The van der Waals surface area contributed by atoms with E-state index >= 15 is 0 Å². The van der Waals surface area contributed by atoms with Crippen molar-refractivity contribution in [1.29, 1.82) is 0 Å². The van der Waals surface area contributed by atoms with E-state index in [1.165, 1.54) is 19.3 Å². The summed E-state index contributed by atoms with van der Waals surface area (Å²) >= 11 is 0. The van der Waals surface area contributed by atoms with E-state index in [-0.39, 0.29) is 24.7 Å². The molecule has 0 atom stereocenters. The van der Waals surface area contributed by atoms with E-state index in [0.717, 1.165) is 5.56 Å². The maximum atomic E-state index is 11.6. The molecule has 0 radical (unpaired) electrons. The lowest BCUT2D eigenvalue weighted by Crippen LogP contribution is -2.10. The monoisotopic (exact) mass is 303 g/mol. The molecule has 1 aliphatic rings. The predicted molar refractivity (Wildman–Crippen MR) is 82.1 cm³/mol. The molecule has 0 aliphatic carbocycles. The van der Waals surface area contributed by atoms with Gasteiger partial charge in [-0.05, 0) is 37.6 Å². The van der Waals surface area contributed by atoms with Gasteiger partial charge < -0.3 is 19.3 Å². The van der Waals surface area contributed by atoms with Crippen LogP contribution >= 0.6 is 0 Å². The lowest BCUT2D eigenvalue weighted by Gasteiger charge is -2.02. The predicted octanol–water partition coefficient (Wildman–Crippen LogP) is 2.85. The number of esters is 1. The number of carbonyl (C=O) groups excluding carboxylic acids is 1. The number of nitrogens with zero attached hydrogens (tertiary/aromatic N) is 1. The number of aliphatic imine (C=N–C) groups is 1. The lowest BCUT2D eigenvalue weighted by molar-refractivity contribution is -0.138. The maximum absolute atomic E-state index is 11.6. The van der Waals surface area contributed by atoms with Gasteiger partial charge in [0.25, 0.3) is 0 Å². The molecule has 0 saturated carbocycles. The molecule has 1 heterocycles. The van der Waals surface area contributed by atoms with Gasteiger partial charge in [0, 0.05) is 12.4 Å². The number of benzene rings is 1. The highest BCUT2D eigenvalue weighted by atomic mass is 16.7. The third-order valence-electron chi connectivity index (χ3n) is 2.84. The van der Waals surface area contributed by atoms with Gasteiger partial charge >= 0.3 is 5.97 Å². The summed E-state index contributed by atoms with van der Waals surface area (Å²) in [7, 11) is 0. The fourth-order valence-corrected chi connectivity index (χ4v) is 1.77. The lowest BCUT2D eigenvalue weighted by atomic mass is 10.2. The molecule has 0 bridgehead atoms. The topological polar surface area (TPSA) is 77.4 Å². The third-order valence-corrected chi connectivity index (χ3v) is 2.84. The van der Waals surface area contributed by atoms with Crippen LogP contribution in [0, 0.1) is 0 Å². The van der Waals surface area contributed by atoms with Gasteiger partial charge in [-0.15, -0.1) is 0 Å². The molecule has 1 aromatic rings. The van der Waals surface area contributed by atoms with Crippen LogP contribution < -0.4 is 9.47 Å². The number of hydrogen-bond acceptors (Lipinski definition) is 6. The SMILES string of the molecule is CCOC(=O)C(/C=N/C=C/c1ccc2c(c1)OCO2)=C(\C)O. The molecular formula is C16H17NO5. The fraction of sp³-hybridized carbons (Fsp3) is 0.250. The van der Waals surface area contributed by atoms with Gasteiger partial charge in [0.05, 0.1) is 6.61 Å². The number of rotatable bonds is 5. The van der Waals surface area contributed by atoms with Crippen molar-refractivity contribution in [3.8, 4) is 11.5 Å².